The molecule has 246 valence electrons. The Morgan fingerprint density at radius 2 is 1.60 bits per heavy atom. The van der Waals surface area contributed by atoms with Crippen molar-refractivity contribution in [3.63, 3.8) is 0 Å². The number of amides is 6. The molecule has 0 radical (unpaired) electrons. The van der Waals surface area contributed by atoms with Crippen molar-refractivity contribution in [1.82, 2.24) is 31.1 Å². The van der Waals surface area contributed by atoms with E-state index in [-0.39, 0.29) is 61.1 Å². The summed E-state index contributed by atoms with van der Waals surface area (Å²) in [4.78, 5) is 79.7. The van der Waals surface area contributed by atoms with Gasteiger partial charge >= 0.3 is 0 Å². The summed E-state index contributed by atoms with van der Waals surface area (Å²) in [6.45, 7) is 12.4. The van der Waals surface area contributed by atoms with Crippen molar-refractivity contribution in [3.8, 4) is 0 Å². The number of rotatable bonds is 17. The van der Waals surface area contributed by atoms with E-state index >= 15 is 0 Å². The van der Waals surface area contributed by atoms with Crippen molar-refractivity contribution < 1.29 is 33.9 Å². The van der Waals surface area contributed by atoms with Crippen molar-refractivity contribution in [2.24, 2.45) is 17.8 Å². The summed E-state index contributed by atoms with van der Waals surface area (Å²) in [5, 5.41) is 19.7. The molecule has 0 bridgehead atoms. The normalized spacial score (nSPS) is 19.2. The summed E-state index contributed by atoms with van der Waals surface area (Å²) >= 11 is 0. The van der Waals surface area contributed by atoms with Crippen LogP contribution in [0.1, 0.15) is 80.6 Å². The van der Waals surface area contributed by atoms with Crippen LogP contribution in [0.15, 0.2) is 0 Å². The average molecular weight is 611 g/mol. The van der Waals surface area contributed by atoms with Gasteiger partial charge < -0.3 is 36.2 Å². The second-order valence-corrected chi connectivity index (χ2v) is 12.7. The van der Waals surface area contributed by atoms with Crippen LogP contribution in [0.2, 0.25) is 0 Å². The molecule has 13 nitrogen and oxygen atoms in total. The van der Waals surface area contributed by atoms with E-state index in [0.717, 1.165) is 0 Å². The molecule has 6 amide bonds. The Labute approximate surface area is 256 Å². The zero-order chi connectivity index (χ0) is 33.0. The van der Waals surface area contributed by atoms with E-state index in [1.54, 1.807) is 20.9 Å². The molecule has 0 aromatic carbocycles. The lowest BCUT2D eigenvalue weighted by Gasteiger charge is -2.33. The molecule has 1 aliphatic rings. The molecule has 1 unspecified atom stereocenters. The first-order chi connectivity index (χ1) is 20.0. The summed E-state index contributed by atoms with van der Waals surface area (Å²) in [7, 11) is 3.03. The van der Waals surface area contributed by atoms with Crippen LogP contribution in [-0.2, 0) is 28.8 Å². The Hall–Kier alpha value is -3.22. The predicted octanol–water partition coefficient (Wildman–Crippen LogP) is 0.155. The van der Waals surface area contributed by atoms with E-state index in [1.807, 2.05) is 27.7 Å². The van der Waals surface area contributed by atoms with E-state index in [0.29, 0.717) is 25.7 Å². The minimum Gasteiger partial charge on any atom is -0.396 e. The summed E-state index contributed by atoms with van der Waals surface area (Å²) in [6, 6.07) is -3.36. The highest BCUT2D eigenvalue weighted by Crippen LogP contribution is 2.18. The van der Waals surface area contributed by atoms with Crippen LogP contribution in [0, 0.1) is 17.8 Å². The third-order valence-corrected chi connectivity index (χ3v) is 7.84. The Morgan fingerprint density at radius 3 is 2.12 bits per heavy atom. The molecule has 1 saturated heterocycles. The van der Waals surface area contributed by atoms with E-state index in [9.17, 15) is 28.8 Å². The molecule has 1 aliphatic heterocycles. The van der Waals surface area contributed by atoms with Crippen LogP contribution in [-0.4, -0.2) is 108 Å². The van der Waals surface area contributed by atoms with Crippen molar-refractivity contribution in [2.45, 2.75) is 111 Å². The molecule has 0 aliphatic carbocycles. The molecular weight excluding hydrogens is 556 g/mol. The molecule has 1 fully saturated rings. The van der Waals surface area contributed by atoms with E-state index in [1.165, 1.54) is 23.8 Å². The standard InChI is InChI=1S/C30H54N6O7/c1-17(2)14-22(29(42)34-26(18(3)4)30(43)36(9)23-15-20(6)32-28(23)41)35(8)25(39)16-31-27(40)21(7)33-24(38)11-10-19(5)12-13-37/h17-23,26,37H,10-16H2,1-9H3,(H,31,40)(H,32,41)(H,33,38)(H,34,42)/t19-,20?,21+,22-,23-,26-/m0/s1. The van der Waals surface area contributed by atoms with Gasteiger partial charge in [0.15, 0.2) is 0 Å². The van der Waals surface area contributed by atoms with Gasteiger partial charge in [0, 0.05) is 33.2 Å². The molecular formula is C30H54N6O7. The van der Waals surface area contributed by atoms with Crippen LogP contribution >= 0.6 is 0 Å². The Bertz CT molecular complexity index is 988. The zero-order valence-corrected chi connectivity index (χ0v) is 27.4. The number of carbonyl (C=O) groups is 6. The van der Waals surface area contributed by atoms with Crippen molar-refractivity contribution in [3.05, 3.63) is 0 Å². The highest BCUT2D eigenvalue weighted by Gasteiger charge is 2.39. The lowest BCUT2D eigenvalue weighted by atomic mass is 9.98. The Morgan fingerprint density at radius 1 is 0.977 bits per heavy atom. The summed E-state index contributed by atoms with van der Waals surface area (Å²) in [5.74, 6) is -2.54. The molecule has 43 heavy (non-hydrogen) atoms. The van der Waals surface area contributed by atoms with Gasteiger partial charge in [0.05, 0.1) is 6.54 Å². The molecule has 1 heterocycles. The van der Waals surface area contributed by atoms with E-state index in [2.05, 4.69) is 21.3 Å². The fourth-order valence-electron chi connectivity index (χ4n) is 4.93. The molecule has 6 atom stereocenters. The molecule has 0 aromatic heterocycles. The SMILES string of the molecule is CC(C)C[C@@H](C(=O)N[C@H](C(=O)N(C)[C@H]1CC(C)NC1=O)C(C)C)N(C)C(=O)CNC(=O)[C@@H](C)NC(=O)CC[C@H](C)CCO. The number of likely N-dealkylation sites (N-methyl/N-ethyl adjacent to an activating group) is 2. The average Bonchev–Trinajstić information content (AvgIpc) is 3.27. The van der Waals surface area contributed by atoms with Crippen molar-refractivity contribution in [2.75, 3.05) is 27.2 Å². The largest absolute Gasteiger partial charge is 0.396 e. The van der Waals surface area contributed by atoms with Gasteiger partial charge in [-0.3, -0.25) is 28.8 Å². The van der Waals surface area contributed by atoms with Crippen LogP contribution in [0.3, 0.4) is 0 Å². The second kappa shape index (κ2) is 17.8. The maximum Gasteiger partial charge on any atom is 0.245 e. The van der Waals surface area contributed by atoms with Crippen molar-refractivity contribution >= 4 is 35.4 Å². The molecule has 1 rings (SSSR count). The first kappa shape index (κ1) is 37.8. The predicted molar refractivity (Wildman–Crippen MR) is 162 cm³/mol. The fraction of sp³-hybridized carbons (Fsp3) is 0.800. The van der Waals surface area contributed by atoms with Gasteiger partial charge in [-0.15, -0.1) is 0 Å². The lowest BCUT2D eigenvalue weighted by molar-refractivity contribution is -0.144. The second-order valence-electron chi connectivity index (χ2n) is 12.7. The fourth-order valence-corrected chi connectivity index (χ4v) is 4.93. The number of hydrogen-bond acceptors (Lipinski definition) is 7. The van der Waals surface area contributed by atoms with Gasteiger partial charge in [0.25, 0.3) is 0 Å². The zero-order valence-electron chi connectivity index (χ0n) is 27.4. The number of hydrogen-bond donors (Lipinski definition) is 5. The monoisotopic (exact) mass is 610 g/mol. The van der Waals surface area contributed by atoms with E-state index in [4.69, 9.17) is 5.11 Å². The van der Waals surface area contributed by atoms with Gasteiger partial charge in [-0.05, 0) is 57.3 Å². The van der Waals surface area contributed by atoms with Crippen LogP contribution < -0.4 is 21.3 Å². The third-order valence-electron chi connectivity index (χ3n) is 7.84. The highest BCUT2D eigenvalue weighted by molar-refractivity contribution is 5.95. The first-order valence-corrected chi connectivity index (χ1v) is 15.3. The van der Waals surface area contributed by atoms with Crippen LogP contribution in [0.4, 0.5) is 0 Å². The van der Waals surface area contributed by atoms with Gasteiger partial charge in [-0.1, -0.05) is 34.6 Å². The number of aliphatic hydroxyl groups is 1. The summed E-state index contributed by atoms with van der Waals surface area (Å²) < 4.78 is 0. The smallest absolute Gasteiger partial charge is 0.245 e. The first-order valence-electron chi connectivity index (χ1n) is 15.3. The maximum atomic E-state index is 13.5. The number of aliphatic hydroxyl groups excluding tert-OH is 1. The van der Waals surface area contributed by atoms with Gasteiger partial charge in [0.2, 0.25) is 35.4 Å². The van der Waals surface area contributed by atoms with Crippen molar-refractivity contribution in [1.29, 1.82) is 0 Å². The van der Waals surface area contributed by atoms with Gasteiger partial charge in [-0.2, -0.15) is 0 Å². The number of nitrogens with one attached hydrogen (secondary N) is 4. The quantitative estimate of drug-likeness (QED) is 0.156. The topological polar surface area (TPSA) is 177 Å². The molecule has 0 spiro atoms. The number of nitrogens with zero attached hydrogens (tertiary/aromatic N) is 2. The Kier molecular flexibility index (Phi) is 15.6. The van der Waals surface area contributed by atoms with Gasteiger partial charge in [-0.25, -0.2) is 0 Å². The molecule has 0 saturated carbocycles. The Balaban J connectivity index is 2.83. The minimum absolute atomic E-state index is 0.0375. The minimum atomic E-state index is -0.907. The van der Waals surface area contributed by atoms with Crippen LogP contribution in [0.5, 0.6) is 0 Å². The highest BCUT2D eigenvalue weighted by atomic mass is 16.3. The molecule has 0 aromatic rings. The maximum absolute atomic E-state index is 13.5. The third kappa shape index (κ3) is 12.1. The molecule has 5 N–H and O–H groups in total. The number of carbonyl (C=O) groups excluding carboxylic acids is 6. The molecule has 13 heteroatoms. The van der Waals surface area contributed by atoms with Gasteiger partial charge in [0.1, 0.15) is 24.2 Å². The van der Waals surface area contributed by atoms with Crippen LogP contribution in [0.25, 0.3) is 0 Å². The lowest BCUT2D eigenvalue weighted by Crippen LogP contribution is -2.58. The van der Waals surface area contributed by atoms with E-state index < -0.39 is 41.9 Å². The summed E-state index contributed by atoms with van der Waals surface area (Å²) in [5.41, 5.74) is 0. The summed E-state index contributed by atoms with van der Waals surface area (Å²) in [6.07, 6.45) is 2.19.